The highest BCUT2D eigenvalue weighted by molar-refractivity contribution is 6.30. The van der Waals surface area contributed by atoms with Gasteiger partial charge in [-0.1, -0.05) is 35.9 Å². The second-order valence-corrected chi connectivity index (χ2v) is 6.73. The Hall–Kier alpha value is -1.84. The van der Waals surface area contributed by atoms with Gasteiger partial charge in [0.05, 0.1) is 5.56 Å². The predicted molar refractivity (Wildman–Crippen MR) is 92.0 cm³/mol. The standard InChI is InChI=1S/C19H20ClNO2/c20-17-8-4-14(5-9-17)12-19(10-1-11-19)21-13-15-2-6-16(7-3-15)18(22)23/h2-9,21H,1,10-13H2,(H,22,23). The molecule has 0 aliphatic heterocycles. The molecule has 0 heterocycles. The van der Waals surface area contributed by atoms with Crippen molar-refractivity contribution < 1.29 is 9.90 Å². The van der Waals surface area contributed by atoms with Crippen molar-refractivity contribution in [2.45, 2.75) is 37.8 Å². The minimum atomic E-state index is -0.886. The maximum absolute atomic E-state index is 10.9. The van der Waals surface area contributed by atoms with Crippen molar-refractivity contribution >= 4 is 17.6 Å². The van der Waals surface area contributed by atoms with Crippen molar-refractivity contribution in [3.8, 4) is 0 Å². The minimum absolute atomic E-state index is 0.152. The van der Waals surface area contributed by atoms with Crippen LogP contribution in [0.2, 0.25) is 5.02 Å². The molecule has 1 aliphatic rings. The zero-order valence-corrected chi connectivity index (χ0v) is 13.6. The molecule has 23 heavy (non-hydrogen) atoms. The van der Waals surface area contributed by atoms with E-state index in [0.29, 0.717) is 5.56 Å². The highest BCUT2D eigenvalue weighted by Crippen LogP contribution is 2.35. The first-order chi connectivity index (χ1) is 11.1. The van der Waals surface area contributed by atoms with Gasteiger partial charge in [0.1, 0.15) is 0 Å². The number of benzene rings is 2. The predicted octanol–water partition coefficient (Wildman–Crippen LogP) is 4.29. The maximum atomic E-state index is 10.9. The number of rotatable bonds is 6. The van der Waals surface area contributed by atoms with Crippen LogP contribution in [0.1, 0.15) is 40.7 Å². The van der Waals surface area contributed by atoms with Crippen molar-refractivity contribution in [1.82, 2.24) is 5.32 Å². The van der Waals surface area contributed by atoms with Gasteiger partial charge < -0.3 is 10.4 Å². The Kier molecular flexibility index (Phi) is 4.69. The number of hydrogen-bond acceptors (Lipinski definition) is 2. The molecule has 0 atom stereocenters. The molecule has 0 radical (unpaired) electrons. The molecule has 4 heteroatoms. The summed E-state index contributed by atoms with van der Waals surface area (Å²) in [4.78, 5) is 10.9. The van der Waals surface area contributed by atoms with Crippen LogP contribution in [0.4, 0.5) is 0 Å². The van der Waals surface area contributed by atoms with Gasteiger partial charge in [0, 0.05) is 17.1 Å². The molecule has 3 rings (SSSR count). The van der Waals surface area contributed by atoms with Gasteiger partial charge in [-0.15, -0.1) is 0 Å². The van der Waals surface area contributed by atoms with Gasteiger partial charge >= 0.3 is 5.97 Å². The van der Waals surface area contributed by atoms with Crippen LogP contribution in [-0.2, 0) is 13.0 Å². The van der Waals surface area contributed by atoms with Crippen molar-refractivity contribution in [3.05, 3.63) is 70.2 Å². The van der Waals surface area contributed by atoms with Gasteiger partial charge in [-0.2, -0.15) is 0 Å². The van der Waals surface area contributed by atoms with E-state index in [9.17, 15) is 4.79 Å². The molecule has 2 aromatic carbocycles. The summed E-state index contributed by atoms with van der Waals surface area (Å²) >= 11 is 5.95. The lowest BCUT2D eigenvalue weighted by Crippen LogP contribution is -2.52. The van der Waals surface area contributed by atoms with E-state index < -0.39 is 5.97 Å². The number of nitrogens with one attached hydrogen (secondary N) is 1. The molecule has 1 fully saturated rings. The lowest BCUT2D eigenvalue weighted by molar-refractivity contribution is 0.0697. The SMILES string of the molecule is O=C(O)c1ccc(CNC2(Cc3ccc(Cl)cc3)CCC2)cc1. The zero-order valence-electron chi connectivity index (χ0n) is 12.9. The van der Waals surface area contributed by atoms with Crippen LogP contribution in [-0.4, -0.2) is 16.6 Å². The highest BCUT2D eigenvalue weighted by atomic mass is 35.5. The zero-order chi connectivity index (χ0) is 16.3. The Balaban J connectivity index is 1.62. The third kappa shape index (κ3) is 3.92. The molecule has 0 spiro atoms. The molecule has 2 N–H and O–H groups in total. The molecular weight excluding hydrogens is 310 g/mol. The molecule has 0 saturated heterocycles. The quantitative estimate of drug-likeness (QED) is 0.831. The van der Waals surface area contributed by atoms with E-state index in [2.05, 4.69) is 17.4 Å². The number of halogens is 1. The van der Waals surface area contributed by atoms with E-state index in [1.54, 1.807) is 12.1 Å². The number of hydrogen-bond donors (Lipinski definition) is 2. The van der Waals surface area contributed by atoms with Crippen molar-refractivity contribution in [2.24, 2.45) is 0 Å². The van der Waals surface area contributed by atoms with Crippen LogP contribution in [0.25, 0.3) is 0 Å². The van der Waals surface area contributed by atoms with Crippen LogP contribution in [0, 0.1) is 0 Å². The smallest absolute Gasteiger partial charge is 0.335 e. The van der Waals surface area contributed by atoms with Crippen molar-refractivity contribution in [3.63, 3.8) is 0 Å². The Bertz CT molecular complexity index is 676. The third-order valence-electron chi connectivity index (χ3n) is 4.63. The minimum Gasteiger partial charge on any atom is -0.478 e. The second-order valence-electron chi connectivity index (χ2n) is 6.29. The fraction of sp³-hybridized carbons (Fsp3) is 0.316. The van der Waals surface area contributed by atoms with Gasteiger partial charge in [-0.05, 0) is 61.1 Å². The van der Waals surface area contributed by atoms with Crippen LogP contribution >= 0.6 is 11.6 Å². The van der Waals surface area contributed by atoms with Gasteiger partial charge in [-0.3, -0.25) is 0 Å². The highest BCUT2D eigenvalue weighted by Gasteiger charge is 2.36. The first kappa shape index (κ1) is 16.0. The molecular formula is C19H20ClNO2. The Morgan fingerprint density at radius 1 is 1.04 bits per heavy atom. The topological polar surface area (TPSA) is 49.3 Å². The van der Waals surface area contributed by atoms with E-state index in [4.69, 9.17) is 16.7 Å². The monoisotopic (exact) mass is 329 g/mol. The molecule has 0 amide bonds. The van der Waals surface area contributed by atoms with Gasteiger partial charge in [-0.25, -0.2) is 4.79 Å². The average Bonchev–Trinajstić information content (AvgIpc) is 2.52. The Labute approximate surface area is 141 Å². The fourth-order valence-electron chi connectivity index (χ4n) is 3.07. The van der Waals surface area contributed by atoms with E-state index in [0.717, 1.165) is 23.6 Å². The molecule has 2 aromatic rings. The Morgan fingerprint density at radius 2 is 1.65 bits per heavy atom. The summed E-state index contributed by atoms with van der Waals surface area (Å²) < 4.78 is 0. The molecule has 0 bridgehead atoms. The maximum Gasteiger partial charge on any atom is 0.335 e. The van der Waals surface area contributed by atoms with E-state index in [1.807, 2.05) is 24.3 Å². The number of carboxylic acids is 1. The van der Waals surface area contributed by atoms with Gasteiger partial charge in [0.2, 0.25) is 0 Å². The average molecular weight is 330 g/mol. The number of carbonyl (C=O) groups is 1. The summed E-state index contributed by atoms with van der Waals surface area (Å²) in [5, 5.41) is 13.4. The second kappa shape index (κ2) is 6.73. The van der Waals surface area contributed by atoms with Crippen LogP contribution in [0.5, 0.6) is 0 Å². The first-order valence-electron chi connectivity index (χ1n) is 7.88. The number of carboxylic acid groups (broad SMARTS) is 1. The number of aromatic carboxylic acids is 1. The Morgan fingerprint density at radius 3 is 2.17 bits per heavy atom. The van der Waals surface area contributed by atoms with Crippen molar-refractivity contribution in [2.75, 3.05) is 0 Å². The molecule has 1 aliphatic carbocycles. The summed E-state index contributed by atoms with van der Waals surface area (Å²) in [6, 6.07) is 15.1. The fourth-order valence-corrected chi connectivity index (χ4v) is 3.19. The van der Waals surface area contributed by atoms with Gasteiger partial charge in [0.15, 0.2) is 0 Å². The van der Waals surface area contributed by atoms with Crippen molar-refractivity contribution in [1.29, 1.82) is 0 Å². The van der Waals surface area contributed by atoms with E-state index in [-0.39, 0.29) is 5.54 Å². The summed E-state index contributed by atoms with van der Waals surface area (Å²) in [5.74, 6) is -0.886. The van der Waals surface area contributed by atoms with E-state index >= 15 is 0 Å². The van der Waals surface area contributed by atoms with E-state index in [1.165, 1.54) is 24.8 Å². The lowest BCUT2D eigenvalue weighted by Gasteiger charge is -2.43. The molecule has 0 aromatic heterocycles. The van der Waals surface area contributed by atoms with Crippen LogP contribution in [0.3, 0.4) is 0 Å². The molecule has 3 nitrogen and oxygen atoms in total. The molecule has 0 unspecified atom stereocenters. The summed E-state index contributed by atoms with van der Waals surface area (Å²) in [5.41, 5.74) is 2.88. The van der Waals surface area contributed by atoms with Crippen LogP contribution < -0.4 is 5.32 Å². The molecule has 1 saturated carbocycles. The molecule has 120 valence electrons. The largest absolute Gasteiger partial charge is 0.478 e. The first-order valence-corrected chi connectivity index (χ1v) is 8.26. The lowest BCUT2D eigenvalue weighted by atomic mass is 9.72. The normalized spacial score (nSPS) is 15.9. The summed E-state index contributed by atoms with van der Waals surface area (Å²) in [6.07, 6.45) is 4.58. The third-order valence-corrected chi connectivity index (χ3v) is 4.89. The summed E-state index contributed by atoms with van der Waals surface area (Å²) in [7, 11) is 0. The van der Waals surface area contributed by atoms with Gasteiger partial charge in [0.25, 0.3) is 0 Å². The summed E-state index contributed by atoms with van der Waals surface area (Å²) in [6.45, 7) is 0.757. The van der Waals surface area contributed by atoms with Crippen LogP contribution in [0.15, 0.2) is 48.5 Å².